The van der Waals surface area contributed by atoms with Crippen LogP contribution in [0.1, 0.15) is 31.1 Å². The number of rotatable bonds is 3. The van der Waals surface area contributed by atoms with Gasteiger partial charge in [0, 0.05) is 12.6 Å². The SMILES string of the molecule is CN(CC(C)(C)O)C1Cc2ccccc2C1O. The number of hydrogen-bond acceptors (Lipinski definition) is 3. The Labute approximate surface area is 103 Å². The highest BCUT2D eigenvalue weighted by Crippen LogP contribution is 2.34. The summed E-state index contributed by atoms with van der Waals surface area (Å²) in [5.41, 5.74) is 1.51. The van der Waals surface area contributed by atoms with Gasteiger partial charge in [-0.2, -0.15) is 0 Å². The van der Waals surface area contributed by atoms with Gasteiger partial charge in [-0.15, -0.1) is 0 Å². The summed E-state index contributed by atoms with van der Waals surface area (Å²) >= 11 is 0. The molecular formula is C14H21NO2. The molecule has 2 rings (SSSR count). The first-order valence-electron chi connectivity index (χ1n) is 6.07. The van der Waals surface area contributed by atoms with E-state index >= 15 is 0 Å². The van der Waals surface area contributed by atoms with Crippen LogP contribution in [-0.2, 0) is 6.42 Å². The molecule has 0 spiro atoms. The van der Waals surface area contributed by atoms with E-state index in [-0.39, 0.29) is 6.04 Å². The summed E-state index contributed by atoms with van der Waals surface area (Å²) in [6, 6.07) is 8.08. The van der Waals surface area contributed by atoms with Crippen LogP contribution in [0.4, 0.5) is 0 Å². The van der Waals surface area contributed by atoms with Gasteiger partial charge in [0.15, 0.2) is 0 Å². The molecule has 0 saturated carbocycles. The third-order valence-electron chi connectivity index (χ3n) is 3.37. The van der Waals surface area contributed by atoms with Crippen molar-refractivity contribution in [2.24, 2.45) is 0 Å². The predicted molar refractivity (Wildman–Crippen MR) is 67.8 cm³/mol. The highest BCUT2D eigenvalue weighted by Gasteiger charge is 2.34. The minimum absolute atomic E-state index is 0.0684. The Morgan fingerprint density at radius 3 is 2.59 bits per heavy atom. The van der Waals surface area contributed by atoms with Crippen molar-refractivity contribution in [3.8, 4) is 0 Å². The van der Waals surface area contributed by atoms with Crippen molar-refractivity contribution >= 4 is 0 Å². The van der Waals surface area contributed by atoms with E-state index in [0.717, 1.165) is 12.0 Å². The molecule has 17 heavy (non-hydrogen) atoms. The first-order chi connectivity index (χ1) is 7.88. The Morgan fingerprint density at radius 2 is 2.00 bits per heavy atom. The molecule has 0 aliphatic heterocycles. The molecule has 3 heteroatoms. The van der Waals surface area contributed by atoms with Crippen LogP contribution < -0.4 is 0 Å². The largest absolute Gasteiger partial charge is 0.389 e. The lowest BCUT2D eigenvalue weighted by Crippen LogP contribution is -2.43. The lowest BCUT2D eigenvalue weighted by atomic mass is 10.1. The number of aliphatic hydroxyl groups excluding tert-OH is 1. The van der Waals surface area contributed by atoms with Crippen molar-refractivity contribution < 1.29 is 10.2 Å². The van der Waals surface area contributed by atoms with E-state index in [1.165, 1.54) is 5.56 Å². The Balaban J connectivity index is 2.12. The van der Waals surface area contributed by atoms with Gasteiger partial charge in [0.05, 0.1) is 11.7 Å². The summed E-state index contributed by atoms with van der Waals surface area (Å²) in [6.07, 6.45) is 0.405. The van der Waals surface area contributed by atoms with E-state index in [9.17, 15) is 10.2 Å². The van der Waals surface area contributed by atoms with E-state index in [4.69, 9.17) is 0 Å². The molecule has 1 aromatic rings. The first kappa shape index (κ1) is 12.6. The second-order valence-corrected chi connectivity index (χ2v) is 5.64. The van der Waals surface area contributed by atoms with Gasteiger partial charge in [-0.05, 0) is 38.4 Å². The Morgan fingerprint density at radius 1 is 1.35 bits per heavy atom. The van der Waals surface area contributed by atoms with Gasteiger partial charge < -0.3 is 10.2 Å². The van der Waals surface area contributed by atoms with Crippen molar-refractivity contribution in [3.63, 3.8) is 0 Å². The smallest absolute Gasteiger partial charge is 0.0950 e. The molecule has 0 fully saturated rings. The Bertz CT molecular complexity index is 397. The molecule has 1 aliphatic carbocycles. The van der Waals surface area contributed by atoms with Gasteiger partial charge in [0.25, 0.3) is 0 Å². The topological polar surface area (TPSA) is 43.7 Å². The second kappa shape index (κ2) is 4.41. The molecule has 0 saturated heterocycles. The fraction of sp³-hybridized carbons (Fsp3) is 0.571. The normalized spacial score (nSPS) is 24.1. The van der Waals surface area contributed by atoms with Crippen LogP contribution >= 0.6 is 0 Å². The molecule has 0 radical (unpaired) electrons. The minimum Gasteiger partial charge on any atom is -0.389 e. The molecule has 3 nitrogen and oxygen atoms in total. The number of hydrogen-bond donors (Lipinski definition) is 2. The molecule has 1 aromatic carbocycles. The molecule has 0 heterocycles. The fourth-order valence-electron chi connectivity index (χ4n) is 2.68. The summed E-state index contributed by atoms with van der Waals surface area (Å²) in [5.74, 6) is 0. The average molecular weight is 235 g/mol. The third-order valence-corrected chi connectivity index (χ3v) is 3.37. The number of likely N-dealkylation sites (N-methyl/N-ethyl adjacent to an activating group) is 1. The van der Waals surface area contributed by atoms with Crippen molar-refractivity contribution in [1.29, 1.82) is 0 Å². The third kappa shape index (κ3) is 2.68. The molecule has 2 unspecified atom stereocenters. The minimum atomic E-state index is -0.733. The number of nitrogens with zero attached hydrogens (tertiary/aromatic N) is 1. The van der Waals surface area contributed by atoms with Gasteiger partial charge in [-0.1, -0.05) is 24.3 Å². The van der Waals surface area contributed by atoms with Crippen LogP contribution in [0.25, 0.3) is 0 Å². The summed E-state index contributed by atoms with van der Waals surface area (Å²) in [5, 5.41) is 20.1. The summed E-state index contributed by atoms with van der Waals surface area (Å²) in [6.45, 7) is 4.14. The van der Waals surface area contributed by atoms with Gasteiger partial charge in [-0.3, -0.25) is 4.90 Å². The van der Waals surface area contributed by atoms with Crippen LogP contribution in [-0.4, -0.2) is 40.3 Å². The standard InChI is InChI=1S/C14H21NO2/c1-14(2,17)9-15(3)12-8-10-6-4-5-7-11(10)13(12)16/h4-7,12-13,16-17H,8-9H2,1-3H3. The van der Waals surface area contributed by atoms with Crippen molar-refractivity contribution in [1.82, 2.24) is 4.90 Å². The zero-order chi connectivity index (χ0) is 12.6. The van der Waals surface area contributed by atoms with Crippen LogP contribution in [0.2, 0.25) is 0 Å². The van der Waals surface area contributed by atoms with Crippen molar-refractivity contribution in [2.45, 2.75) is 38.0 Å². The van der Waals surface area contributed by atoms with Crippen LogP contribution in [0.3, 0.4) is 0 Å². The highest BCUT2D eigenvalue weighted by molar-refractivity contribution is 5.35. The number of fused-ring (bicyclic) bond motifs is 1. The number of aliphatic hydroxyl groups is 2. The maximum absolute atomic E-state index is 10.3. The number of benzene rings is 1. The maximum atomic E-state index is 10.3. The predicted octanol–water partition coefficient (Wildman–Crippen LogP) is 1.35. The molecule has 1 aliphatic rings. The maximum Gasteiger partial charge on any atom is 0.0950 e. The van der Waals surface area contributed by atoms with E-state index in [1.54, 1.807) is 13.8 Å². The first-order valence-corrected chi connectivity index (χ1v) is 6.07. The zero-order valence-electron chi connectivity index (χ0n) is 10.7. The fourth-order valence-corrected chi connectivity index (χ4v) is 2.68. The zero-order valence-corrected chi connectivity index (χ0v) is 10.7. The van der Waals surface area contributed by atoms with Gasteiger partial charge >= 0.3 is 0 Å². The molecule has 2 N–H and O–H groups in total. The molecule has 0 bridgehead atoms. The van der Waals surface area contributed by atoms with Gasteiger partial charge in [-0.25, -0.2) is 0 Å². The summed E-state index contributed by atoms with van der Waals surface area (Å²) in [7, 11) is 1.96. The second-order valence-electron chi connectivity index (χ2n) is 5.64. The van der Waals surface area contributed by atoms with Crippen LogP contribution in [0, 0.1) is 0 Å². The summed E-state index contributed by atoms with van der Waals surface area (Å²) in [4.78, 5) is 2.05. The van der Waals surface area contributed by atoms with Crippen molar-refractivity contribution in [3.05, 3.63) is 35.4 Å². The van der Waals surface area contributed by atoms with Gasteiger partial charge in [0.2, 0.25) is 0 Å². The molecule has 0 amide bonds. The summed E-state index contributed by atoms with van der Waals surface area (Å²) < 4.78 is 0. The molecular weight excluding hydrogens is 214 g/mol. The van der Waals surface area contributed by atoms with Crippen LogP contribution in [0.15, 0.2) is 24.3 Å². The van der Waals surface area contributed by atoms with E-state index < -0.39 is 11.7 Å². The quantitative estimate of drug-likeness (QED) is 0.831. The lowest BCUT2D eigenvalue weighted by molar-refractivity contribution is 0.00388. The molecule has 2 atom stereocenters. The highest BCUT2D eigenvalue weighted by atomic mass is 16.3. The van der Waals surface area contributed by atoms with E-state index in [1.807, 2.05) is 30.1 Å². The monoisotopic (exact) mass is 235 g/mol. The van der Waals surface area contributed by atoms with E-state index in [2.05, 4.69) is 6.07 Å². The van der Waals surface area contributed by atoms with Gasteiger partial charge in [0.1, 0.15) is 0 Å². The lowest BCUT2D eigenvalue weighted by Gasteiger charge is -2.32. The van der Waals surface area contributed by atoms with E-state index in [0.29, 0.717) is 6.54 Å². The average Bonchev–Trinajstić information content (AvgIpc) is 2.55. The molecule has 0 aromatic heterocycles. The Kier molecular flexibility index (Phi) is 3.25. The Hall–Kier alpha value is -0.900. The van der Waals surface area contributed by atoms with Crippen LogP contribution in [0.5, 0.6) is 0 Å². The van der Waals surface area contributed by atoms with Crippen molar-refractivity contribution in [2.75, 3.05) is 13.6 Å². The molecule has 94 valence electrons.